The second-order valence-electron chi connectivity index (χ2n) is 6.46. The van der Waals surface area contributed by atoms with E-state index in [1.54, 1.807) is 12.1 Å². The highest BCUT2D eigenvalue weighted by Gasteiger charge is 2.51. The van der Waals surface area contributed by atoms with E-state index >= 15 is 0 Å². The minimum Gasteiger partial charge on any atom is -0.269 e. The number of nitrogens with zero attached hydrogens (tertiary/aromatic N) is 4. The molecule has 142 valence electrons. The molecule has 2 amide bonds. The van der Waals surface area contributed by atoms with Gasteiger partial charge in [-0.05, 0) is 24.1 Å². The van der Waals surface area contributed by atoms with Crippen LogP contribution in [0.5, 0.6) is 0 Å². The molecule has 0 bridgehead atoms. The maximum atomic E-state index is 13.0. The summed E-state index contributed by atoms with van der Waals surface area (Å²) in [6, 6.07) is 13.9. The third-order valence-corrected chi connectivity index (χ3v) is 4.84. The third-order valence-electron chi connectivity index (χ3n) is 4.84. The van der Waals surface area contributed by atoms with Gasteiger partial charge in [-0.15, -0.1) is 6.58 Å². The van der Waals surface area contributed by atoms with E-state index in [1.807, 2.05) is 12.1 Å². The number of hydrogen-bond acceptors (Lipinski definition) is 6. The molecule has 8 nitrogen and oxygen atoms in total. The number of rotatable bonds is 6. The highest BCUT2D eigenvalue weighted by Crippen LogP contribution is 2.44. The maximum Gasteiger partial charge on any atom is 0.269 e. The van der Waals surface area contributed by atoms with Crippen molar-refractivity contribution in [2.24, 2.45) is 5.41 Å². The number of nitriles is 2. The van der Waals surface area contributed by atoms with Crippen molar-refractivity contribution in [3.05, 3.63) is 88.0 Å². The summed E-state index contributed by atoms with van der Waals surface area (Å²) in [7, 11) is 0. The summed E-state index contributed by atoms with van der Waals surface area (Å²) >= 11 is 0. The molecular weight excluding hydrogens is 372 g/mol. The summed E-state index contributed by atoms with van der Waals surface area (Å²) in [5, 5.41) is 30.7. The summed E-state index contributed by atoms with van der Waals surface area (Å²) in [5.41, 5.74) is -1.40. The molecule has 2 aromatic carbocycles. The van der Waals surface area contributed by atoms with E-state index in [4.69, 9.17) is 0 Å². The number of benzene rings is 2. The van der Waals surface area contributed by atoms with Gasteiger partial charge >= 0.3 is 0 Å². The number of amides is 2. The van der Waals surface area contributed by atoms with Gasteiger partial charge in [0.15, 0.2) is 5.41 Å². The Balaban J connectivity index is 2.22. The molecular formula is C21H14N4O4. The molecule has 8 heteroatoms. The van der Waals surface area contributed by atoms with Crippen LogP contribution in [0, 0.1) is 38.2 Å². The Morgan fingerprint density at radius 1 is 1.07 bits per heavy atom. The van der Waals surface area contributed by atoms with E-state index in [1.165, 1.54) is 42.5 Å². The Labute approximate surface area is 166 Å². The lowest BCUT2D eigenvalue weighted by molar-refractivity contribution is -0.384. The molecule has 0 spiro atoms. The Kier molecular flexibility index (Phi) is 4.95. The summed E-state index contributed by atoms with van der Waals surface area (Å²) in [6.07, 6.45) is 1.25. The number of allylic oxidation sites excluding steroid dienone is 1. The smallest absolute Gasteiger partial charge is 0.269 e. The van der Waals surface area contributed by atoms with Crippen LogP contribution in [0.1, 0.15) is 38.7 Å². The number of nitro benzene ring substituents is 1. The van der Waals surface area contributed by atoms with Crippen molar-refractivity contribution in [1.82, 2.24) is 4.90 Å². The predicted molar refractivity (Wildman–Crippen MR) is 101 cm³/mol. The summed E-state index contributed by atoms with van der Waals surface area (Å²) < 4.78 is 0. The molecule has 1 aliphatic rings. The molecule has 0 aromatic heterocycles. The van der Waals surface area contributed by atoms with Crippen LogP contribution >= 0.6 is 0 Å². The van der Waals surface area contributed by atoms with Crippen LogP contribution < -0.4 is 0 Å². The summed E-state index contributed by atoms with van der Waals surface area (Å²) in [6.45, 7) is 3.58. The molecule has 0 radical (unpaired) electrons. The number of non-ortho nitro benzene ring substituents is 1. The molecule has 2 aromatic rings. The van der Waals surface area contributed by atoms with Gasteiger partial charge < -0.3 is 0 Å². The zero-order valence-electron chi connectivity index (χ0n) is 15.1. The van der Waals surface area contributed by atoms with Crippen molar-refractivity contribution in [3.63, 3.8) is 0 Å². The Bertz CT molecular complexity index is 1060. The number of carbonyl (C=O) groups is 2. The van der Waals surface area contributed by atoms with Crippen LogP contribution in [0.4, 0.5) is 5.69 Å². The van der Waals surface area contributed by atoms with Gasteiger partial charge in [0.25, 0.3) is 17.5 Å². The van der Waals surface area contributed by atoms with E-state index in [0.29, 0.717) is 0 Å². The highest BCUT2D eigenvalue weighted by atomic mass is 16.6. The van der Waals surface area contributed by atoms with Crippen LogP contribution in [0.25, 0.3) is 0 Å². The second-order valence-corrected chi connectivity index (χ2v) is 6.46. The van der Waals surface area contributed by atoms with E-state index in [-0.39, 0.29) is 28.8 Å². The van der Waals surface area contributed by atoms with Crippen molar-refractivity contribution < 1.29 is 14.5 Å². The van der Waals surface area contributed by atoms with E-state index < -0.39 is 28.2 Å². The van der Waals surface area contributed by atoms with E-state index in [2.05, 4.69) is 6.58 Å². The molecule has 1 unspecified atom stereocenters. The average Bonchev–Trinajstić information content (AvgIpc) is 2.99. The Morgan fingerprint density at radius 3 is 2.00 bits per heavy atom. The summed E-state index contributed by atoms with van der Waals surface area (Å²) in [5.74, 6) is -1.26. The molecule has 3 rings (SSSR count). The van der Waals surface area contributed by atoms with Gasteiger partial charge in [-0.3, -0.25) is 24.6 Å². The van der Waals surface area contributed by atoms with Crippen LogP contribution in [-0.4, -0.2) is 21.6 Å². The fourth-order valence-electron chi connectivity index (χ4n) is 3.45. The van der Waals surface area contributed by atoms with Crippen molar-refractivity contribution in [3.8, 4) is 12.1 Å². The van der Waals surface area contributed by atoms with E-state index in [0.717, 1.165) is 4.90 Å². The lowest BCUT2D eigenvalue weighted by atomic mass is 9.75. The number of nitro groups is 1. The van der Waals surface area contributed by atoms with Gasteiger partial charge in [0, 0.05) is 12.1 Å². The zero-order chi connectivity index (χ0) is 21.2. The standard InChI is InChI=1S/C21H14N4O4/c1-2-11-21(12-22,13-23)18(14-7-9-15(10-8-14)25(28)29)24-19(26)16-5-3-4-6-17(16)20(24)27/h2-10,18H,1,11H2. The van der Waals surface area contributed by atoms with Crippen LogP contribution in [-0.2, 0) is 0 Å². The third kappa shape index (κ3) is 3.03. The fraction of sp³-hybridized carbons (Fsp3) is 0.143. The van der Waals surface area contributed by atoms with Crippen molar-refractivity contribution >= 4 is 17.5 Å². The lowest BCUT2D eigenvalue weighted by Crippen LogP contribution is -2.43. The van der Waals surface area contributed by atoms with Gasteiger partial charge in [-0.1, -0.05) is 30.3 Å². The molecule has 1 aliphatic heterocycles. The monoisotopic (exact) mass is 386 g/mol. The zero-order valence-corrected chi connectivity index (χ0v) is 15.1. The minimum atomic E-state index is -1.81. The summed E-state index contributed by atoms with van der Waals surface area (Å²) in [4.78, 5) is 37.3. The van der Waals surface area contributed by atoms with Gasteiger partial charge in [-0.2, -0.15) is 10.5 Å². The van der Waals surface area contributed by atoms with Crippen LogP contribution in [0.2, 0.25) is 0 Å². The van der Waals surface area contributed by atoms with Crippen LogP contribution in [0.3, 0.4) is 0 Å². The lowest BCUT2D eigenvalue weighted by Gasteiger charge is -2.34. The topological polar surface area (TPSA) is 128 Å². The molecule has 1 atom stereocenters. The second kappa shape index (κ2) is 7.37. The quantitative estimate of drug-likeness (QED) is 0.323. The molecule has 0 aliphatic carbocycles. The first-order valence-corrected chi connectivity index (χ1v) is 8.55. The molecule has 29 heavy (non-hydrogen) atoms. The number of imide groups is 1. The number of hydrogen-bond donors (Lipinski definition) is 0. The molecule has 0 saturated carbocycles. The first kappa shape index (κ1) is 19.5. The molecule has 1 heterocycles. The largest absolute Gasteiger partial charge is 0.269 e. The van der Waals surface area contributed by atoms with Gasteiger partial charge in [0.05, 0.1) is 34.2 Å². The Hall–Kier alpha value is -4.30. The molecule has 0 saturated heterocycles. The number of carbonyl (C=O) groups excluding carboxylic acids is 2. The SMILES string of the molecule is C=CCC(C#N)(C#N)C(c1ccc([N+](=O)[O-])cc1)N1C(=O)c2ccccc2C1=O. The van der Waals surface area contributed by atoms with Crippen molar-refractivity contribution in [2.75, 3.05) is 0 Å². The van der Waals surface area contributed by atoms with Crippen molar-refractivity contribution in [2.45, 2.75) is 12.5 Å². The van der Waals surface area contributed by atoms with E-state index in [9.17, 15) is 30.2 Å². The first-order valence-electron chi connectivity index (χ1n) is 8.55. The first-order chi connectivity index (χ1) is 13.9. The average molecular weight is 386 g/mol. The van der Waals surface area contributed by atoms with Gasteiger partial charge in [-0.25, -0.2) is 0 Å². The molecule has 0 N–H and O–H groups in total. The van der Waals surface area contributed by atoms with Crippen molar-refractivity contribution in [1.29, 1.82) is 10.5 Å². The number of fused-ring (bicyclic) bond motifs is 1. The Morgan fingerprint density at radius 2 is 1.59 bits per heavy atom. The van der Waals surface area contributed by atoms with Gasteiger partial charge in [0.1, 0.15) is 0 Å². The highest BCUT2D eigenvalue weighted by molar-refractivity contribution is 6.21. The maximum absolute atomic E-state index is 13.0. The minimum absolute atomic E-state index is 0.116. The molecule has 0 fully saturated rings. The predicted octanol–water partition coefficient (Wildman–Crippen LogP) is 3.54. The normalized spacial score (nSPS) is 13.9. The fourth-order valence-corrected chi connectivity index (χ4v) is 3.45. The van der Waals surface area contributed by atoms with Gasteiger partial charge in [0.2, 0.25) is 0 Å². The van der Waals surface area contributed by atoms with Crippen LogP contribution in [0.15, 0.2) is 61.2 Å².